The predicted octanol–water partition coefficient (Wildman–Crippen LogP) is 5.26. The number of halogens is 1. The molecule has 6 aromatic rings. The highest BCUT2D eigenvalue weighted by atomic mass is 32.2. The van der Waals surface area contributed by atoms with Gasteiger partial charge in [0.25, 0.3) is 5.91 Å². The van der Waals surface area contributed by atoms with Crippen molar-refractivity contribution in [2.24, 2.45) is 0 Å². The van der Waals surface area contributed by atoms with Gasteiger partial charge in [0, 0.05) is 60.8 Å². The Kier molecular flexibility index (Phi) is 6.26. The Morgan fingerprint density at radius 3 is 2.44 bits per heavy atom. The van der Waals surface area contributed by atoms with Gasteiger partial charge in [-0.15, -0.1) is 0 Å². The van der Waals surface area contributed by atoms with E-state index in [0.29, 0.717) is 50.4 Å². The molecule has 0 spiro atoms. The molecule has 0 aliphatic heterocycles. The van der Waals surface area contributed by atoms with Gasteiger partial charge in [-0.1, -0.05) is 0 Å². The van der Waals surface area contributed by atoms with E-state index in [1.54, 1.807) is 48.9 Å². The number of pyridine rings is 2. The highest BCUT2D eigenvalue weighted by molar-refractivity contribution is 7.92. The van der Waals surface area contributed by atoms with E-state index < -0.39 is 21.7 Å². The maximum atomic E-state index is 13.6. The van der Waals surface area contributed by atoms with Gasteiger partial charge in [-0.3, -0.25) is 14.1 Å². The molecular formula is C29H22FN5O5S. The molecule has 0 saturated carbocycles. The van der Waals surface area contributed by atoms with Crippen LogP contribution in [0, 0.1) is 5.82 Å². The normalized spacial score (nSPS) is 11.7. The largest absolute Gasteiger partial charge is 0.455 e. The molecule has 206 valence electrons. The number of anilines is 1. The first kappa shape index (κ1) is 26.1. The lowest BCUT2D eigenvalue weighted by atomic mass is 9.98. The lowest BCUT2D eigenvalue weighted by Gasteiger charge is -2.20. The van der Waals surface area contributed by atoms with Crippen LogP contribution in [0.1, 0.15) is 10.4 Å². The number of sulfonamides is 1. The molecule has 1 amide bonds. The number of hydrogen-bond acceptors (Lipinski definition) is 8. The van der Waals surface area contributed by atoms with Crippen LogP contribution in [0.3, 0.4) is 0 Å². The second-order valence-electron chi connectivity index (χ2n) is 9.29. The van der Waals surface area contributed by atoms with E-state index in [1.165, 1.54) is 38.4 Å². The number of rotatable bonds is 6. The van der Waals surface area contributed by atoms with Crippen LogP contribution in [0.4, 0.5) is 10.1 Å². The van der Waals surface area contributed by atoms with Crippen LogP contribution in [0.15, 0.2) is 82.0 Å². The smallest absolute Gasteiger partial charge is 0.255 e. The number of carbonyl (C=O) groups is 1. The first-order chi connectivity index (χ1) is 19.6. The van der Waals surface area contributed by atoms with E-state index in [9.17, 15) is 17.6 Å². The van der Waals surface area contributed by atoms with Crippen molar-refractivity contribution in [2.45, 2.75) is 0 Å². The fraction of sp³-hybridized carbons (Fsp3) is 0.103. The number of nitrogens with one attached hydrogen (secondary N) is 1. The summed E-state index contributed by atoms with van der Waals surface area (Å²) in [5.41, 5.74) is 3.75. The third-order valence-corrected chi connectivity index (χ3v) is 7.86. The summed E-state index contributed by atoms with van der Waals surface area (Å²) in [5.74, 6) is -0.354. The van der Waals surface area contributed by atoms with Gasteiger partial charge in [0.1, 0.15) is 17.2 Å². The van der Waals surface area contributed by atoms with E-state index in [-0.39, 0.29) is 16.9 Å². The molecule has 4 aromatic heterocycles. The number of fused-ring (bicyclic) bond motifs is 2. The van der Waals surface area contributed by atoms with Crippen LogP contribution in [-0.2, 0) is 10.0 Å². The fourth-order valence-electron chi connectivity index (χ4n) is 4.55. The standard InChI is InChI=1S/C29H22FN5O5S/c1-31-28(36)25-21-12-20(17-11-18(15-32-14-17)29-34-27-23(40-29)5-4-10-33-27)22(35(2)41(3,37)38)13-24(21)39-26(25)16-6-8-19(30)9-7-16/h4-15H,1-3H3,(H,31,36). The summed E-state index contributed by atoms with van der Waals surface area (Å²) in [6, 6.07) is 14.0. The maximum Gasteiger partial charge on any atom is 0.255 e. The molecule has 0 saturated heterocycles. The second kappa shape index (κ2) is 9.82. The summed E-state index contributed by atoms with van der Waals surface area (Å²) >= 11 is 0. The summed E-state index contributed by atoms with van der Waals surface area (Å²) < 4.78 is 52.1. The number of oxazole rings is 1. The third kappa shape index (κ3) is 4.67. The fourth-order valence-corrected chi connectivity index (χ4v) is 5.06. The zero-order chi connectivity index (χ0) is 28.9. The van der Waals surface area contributed by atoms with E-state index in [1.807, 2.05) is 0 Å². The first-order valence-corrected chi connectivity index (χ1v) is 14.2. The van der Waals surface area contributed by atoms with Gasteiger partial charge >= 0.3 is 0 Å². The number of furan rings is 1. The third-order valence-electron chi connectivity index (χ3n) is 6.66. The van der Waals surface area contributed by atoms with Gasteiger partial charge in [0.05, 0.1) is 23.1 Å². The molecule has 0 bridgehead atoms. The summed E-state index contributed by atoms with van der Waals surface area (Å²) in [4.78, 5) is 26.1. The molecule has 0 unspecified atom stereocenters. The van der Waals surface area contributed by atoms with Crippen LogP contribution < -0.4 is 9.62 Å². The number of amides is 1. The van der Waals surface area contributed by atoms with Crippen molar-refractivity contribution in [3.8, 4) is 33.9 Å². The van der Waals surface area contributed by atoms with Crippen molar-refractivity contribution in [1.29, 1.82) is 0 Å². The monoisotopic (exact) mass is 571 g/mol. The lowest BCUT2D eigenvalue weighted by molar-refractivity contribution is 0.0964. The average molecular weight is 572 g/mol. The van der Waals surface area contributed by atoms with Gasteiger partial charge in [-0.05, 0) is 48.5 Å². The van der Waals surface area contributed by atoms with E-state index in [0.717, 1.165) is 10.6 Å². The van der Waals surface area contributed by atoms with Crippen molar-refractivity contribution >= 4 is 43.8 Å². The van der Waals surface area contributed by atoms with Crippen LogP contribution in [0.5, 0.6) is 0 Å². The molecule has 0 aliphatic rings. The summed E-state index contributed by atoms with van der Waals surface area (Å²) in [6.45, 7) is 0. The zero-order valence-electron chi connectivity index (χ0n) is 22.0. The average Bonchev–Trinajstić information content (AvgIpc) is 3.57. The molecular weight excluding hydrogens is 549 g/mol. The SMILES string of the molecule is CNC(=O)c1c(-c2ccc(F)cc2)oc2cc(N(C)S(C)(=O)=O)c(-c3cncc(-c4nc5ncccc5o4)c3)cc12. The maximum absolute atomic E-state index is 13.6. The molecule has 2 aromatic carbocycles. The highest BCUT2D eigenvalue weighted by Crippen LogP contribution is 2.41. The molecule has 12 heteroatoms. The van der Waals surface area contributed by atoms with Gasteiger partial charge in [-0.2, -0.15) is 4.98 Å². The number of benzene rings is 2. The Balaban J connectivity index is 1.61. The predicted molar refractivity (Wildman–Crippen MR) is 152 cm³/mol. The highest BCUT2D eigenvalue weighted by Gasteiger charge is 2.26. The summed E-state index contributed by atoms with van der Waals surface area (Å²) in [5, 5.41) is 3.06. The molecule has 0 radical (unpaired) electrons. The molecule has 10 nitrogen and oxygen atoms in total. The Labute approximate surface area is 233 Å². The van der Waals surface area contributed by atoms with Gasteiger partial charge in [0.15, 0.2) is 11.2 Å². The van der Waals surface area contributed by atoms with Gasteiger partial charge in [-0.25, -0.2) is 17.8 Å². The summed E-state index contributed by atoms with van der Waals surface area (Å²) in [7, 11) is -0.790. The van der Waals surface area contributed by atoms with Crippen molar-refractivity contribution in [3.63, 3.8) is 0 Å². The molecule has 0 atom stereocenters. The van der Waals surface area contributed by atoms with Gasteiger partial charge < -0.3 is 14.2 Å². The van der Waals surface area contributed by atoms with Gasteiger partial charge in [0.2, 0.25) is 15.9 Å². The quantitative estimate of drug-likeness (QED) is 0.286. The Bertz CT molecular complexity index is 2040. The number of carbonyl (C=O) groups excluding carboxylic acids is 1. The summed E-state index contributed by atoms with van der Waals surface area (Å²) in [6.07, 6.45) is 5.85. The molecule has 1 N–H and O–H groups in total. The molecule has 41 heavy (non-hydrogen) atoms. The van der Waals surface area contributed by atoms with Crippen LogP contribution in [0.2, 0.25) is 0 Å². The Morgan fingerprint density at radius 2 is 1.73 bits per heavy atom. The van der Waals surface area contributed by atoms with Crippen LogP contribution in [0.25, 0.3) is 56.1 Å². The number of aromatic nitrogens is 3. The molecule has 0 fully saturated rings. The lowest BCUT2D eigenvalue weighted by Crippen LogP contribution is -2.25. The molecule has 4 heterocycles. The van der Waals surface area contributed by atoms with Crippen molar-refractivity contribution < 1.29 is 26.4 Å². The van der Waals surface area contributed by atoms with Crippen LogP contribution in [-0.4, -0.2) is 49.6 Å². The van der Waals surface area contributed by atoms with E-state index in [4.69, 9.17) is 8.83 Å². The van der Waals surface area contributed by atoms with E-state index >= 15 is 0 Å². The second-order valence-corrected chi connectivity index (χ2v) is 11.3. The minimum atomic E-state index is -3.70. The van der Waals surface area contributed by atoms with Crippen molar-refractivity contribution in [2.75, 3.05) is 24.7 Å². The first-order valence-electron chi connectivity index (χ1n) is 12.3. The molecule has 0 aliphatic carbocycles. The van der Waals surface area contributed by atoms with Crippen molar-refractivity contribution in [1.82, 2.24) is 20.3 Å². The Morgan fingerprint density at radius 1 is 0.976 bits per heavy atom. The topological polar surface area (TPSA) is 131 Å². The number of hydrogen-bond donors (Lipinski definition) is 1. The zero-order valence-corrected chi connectivity index (χ0v) is 22.9. The number of nitrogens with zero attached hydrogens (tertiary/aromatic N) is 4. The van der Waals surface area contributed by atoms with Crippen LogP contribution >= 0.6 is 0 Å². The minimum absolute atomic E-state index is 0.218. The minimum Gasteiger partial charge on any atom is -0.455 e. The van der Waals surface area contributed by atoms with E-state index in [2.05, 4.69) is 20.3 Å². The van der Waals surface area contributed by atoms with Crippen molar-refractivity contribution in [3.05, 3.63) is 84.6 Å². The Hall–Kier alpha value is -5.10. The molecule has 6 rings (SSSR count).